The molecule has 6 nitrogen and oxygen atoms in total. The molecule has 0 saturated carbocycles. The molecule has 148 valence electrons. The molecule has 1 atom stereocenters. The first-order chi connectivity index (χ1) is 13.3. The summed E-state index contributed by atoms with van der Waals surface area (Å²) in [4.78, 5) is 25.7. The van der Waals surface area contributed by atoms with Crippen LogP contribution in [0.3, 0.4) is 0 Å². The summed E-state index contributed by atoms with van der Waals surface area (Å²) in [5.74, 6) is -1.47. The van der Waals surface area contributed by atoms with E-state index in [9.17, 15) is 14.9 Å². The number of rotatable bonds is 6. The molecule has 0 aliphatic carbocycles. The molecule has 0 spiro atoms. The standard InChI is InChI=1S/C22H26N2O4/c1-6-27-21(25)18-14(4)24-15(5)19(22(26)28-12-13(2)3)20(18)17-9-7-8-16(10-17)11-23/h7-10,13,20,24H,6,12H2,1-5H3. The first-order valence-electron chi connectivity index (χ1n) is 9.32. The highest BCUT2D eigenvalue weighted by atomic mass is 16.5. The number of benzene rings is 1. The van der Waals surface area contributed by atoms with E-state index in [0.29, 0.717) is 33.7 Å². The monoisotopic (exact) mass is 382 g/mol. The molecule has 1 heterocycles. The van der Waals surface area contributed by atoms with Crippen LogP contribution >= 0.6 is 0 Å². The van der Waals surface area contributed by atoms with Crippen molar-refractivity contribution in [2.24, 2.45) is 5.92 Å². The molecule has 0 radical (unpaired) electrons. The Bertz CT molecular complexity index is 875. The third-order valence-electron chi connectivity index (χ3n) is 4.37. The van der Waals surface area contributed by atoms with Gasteiger partial charge >= 0.3 is 11.9 Å². The fourth-order valence-electron chi connectivity index (χ4n) is 3.19. The number of hydrogen-bond donors (Lipinski definition) is 1. The van der Waals surface area contributed by atoms with Crippen LogP contribution < -0.4 is 5.32 Å². The Morgan fingerprint density at radius 3 is 2.29 bits per heavy atom. The maximum absolute atomic E-state index is 12.9. The Kier molecular flexibility index (Phi) is 7.00. The first kappa shape index (κ1) is 21.2. The first-order valence-corrected chi connectivity index (χ1v) is 9.32. The van der Waals surface area contributed by atoms with E-state index in [0.717, 1.165) is 0 Å². The molecule has 1 aliphatic rings. The second kappa shape index (κ2) is 9.23. The lowest BCUT2D eigenvalue weighted by molar-refractivity contribution is -0.140. The molecule has 0 aromatic heterocycles. The smallest absolute Gasteiger partial charge is 0.336 e. The summed E-state index contributed by atoms with van der Waals surface area (Å²) < 4.78 is 10.7. The van der Waals surface area contributed by atoms with Gasteiger partial charge in [-0.05, 0) is 44.4 Å². The van der Waals surface area contributed by atoms with Gasteiger partial charge in [0.05, 0.1) is 41.9 Å². The number of dihydropyridines is 1. The van der Waals surface area contributed by atoms with Crippen molar-refractivity contribution in [3.05, 3.63) is 57.9 Å². The number of ether oxygens (including phenoxy) is 2. The number of esters is 2. The summed E-state index contributed by atoms with van der Waals surface area (Å²) >= 11 is 0. The van der Waals surface area contributed by atoms with Gasteiger partial charge in [0.25, 0.3) is 0 Å². The SMILES string of the molecule is CCOC(=O)C1=C(C)NC(C)=C(C(=O)OCC(C)C)C1c1cccc(C#N)c1. The van der Waals surface area contributed by atoms with Crippen molar-refractivity contribution in [2.45, 2.75) is 40.5 Å². The topological polar surface area (TPSA) is 88.4 Å². The van der Waals surface area contributed by atoms with Crippen molar-refractivity contribution in [3.63, 3.8) is 0 Å². The van der Waals surface area contributed by atoms with Crippen LogP contribution in [-0.4, -0.2) is 25.2 Å². The number of nitriles is 1. The van der Waals surface area contributed by atoms with Gasteiger partial charge in [-0.3, -0.25) is 0 Å². The van der Waals surface area contributed by atoms with Gasteiger partial charge in [-0.2, -0.15) is 5.26 Å². The Morgan fingerprint density at radius 1 is 1.14 bits per heavy atom. The normalized spacial score (nSPS) is 16.5. The molecule has 2 rings (SSSR count). The predicted molar refractivity (Wildman–Crippen MR) is 105 cm³/mol. The highest BCUT2D eigenvalue weighted by Crippen LogP contribution is 2.39. The van der Waals surface area contributed by atoms with E-state index in [2.05, 4.69) is 11.4 Å². The van der Waals surface area contributed by atoms with Gasteiger partial charge in [-0.15, -0.1) is 0 Å². The van der Waals surface area contributed by atoms with Crippen molar-refractivity contribution >= 4 is 11.9 Å². The molecule has 6 heteroatoms. The van der Waals surface area contributed by atoms with Crippen molar-refractivity contribution in [2.75, 3.05) is 13.2 Å². The molecule has 1 aliphatic heterocycles. The maximum Gasteiger partial charge on any atom is 0.336 e. The second-order valence-electron chi connectivity index (χ2n) is 7.09. The summed E-state index contributed by atoms with van der Waals surface area (Å²) in [5, 5.41) is 12.4. The van der Waals surface area contributed by atoms with Crippen LogP contribution in [0.1, 0.15) is 51.7 Å². The maximum atomic E-state index is 12.9. The Hall–Kier alpha value is -3.07. The molecular weight excluding hydrogens is 356 g/mol. The van der Waals surface area contributed by atoms with E-state index in [4.69, 9.17) is 9.47 Å². The molecule has 0 fully saturated rings. The number of hydrogen-bond acceptors (Lipinski definition) is 6. The third-order valence-corrected chi connectivity index (χ3v) is 4.37. The number of carbonyl (C=O) groups is 2. The number of nitrogens with zero attached hydrogens (tertiary/aromatic N) is 1. The van der Waals surface area contributed by atoms with Crippen molar-refractivity contribution in [1.29, 1.82) is 5.26 Å². The minimum atomic E-state index is -0.673. The zero-order valence-electron chi connectivity index (χ0n) is 17.0. The van der Waals surface area contributed by atoms with Crippen LogP contribution in [0.4, 0.5) is 0 Å². The Labute approximate surface area is 165 Å². The molecule has 1 N–H and O–H groups in total. The summed E-state index contributed by atoms with van der Waals surface area (Å²) in [6.45, 7) is 9.68. The zero-order valence-corrected chi connectivity index (χ0v) is 17.0. The largest absolute Gasteiger partial charge is 0.463 e. The Balaban J connectivity index is 2.60. The average molecular weight is 382 g/mol. The highest BCUT2D eigenvalue weighted by Gasteiger charge is 2.38. The number of nitrogens with one attached hydrogen (secondary N) is 1. The fourth-order valence-corrected chi connectivity index (χ4v) is 3.19. The van der Waals surface area contributed by atoms with Gasteiger partial charge in [-0.25, -0.2) is 9.59 Å². The lowest BCUT2D eigenvalue weighted by Crippen LogP contribution is -2.32. The molecule has 0 saturated heterocycles. The van der Waals surface area contributed by atoms with Crippen molar-refractivity contribution < 1.29 is 19.1 Å². The summed E-state index contributed by atoms with van der Waals surface area (Å²) in [6, 6.07) is 9.00. The lowest BCUT2D eigenvalue weighted by atomic mass is 9.80. The molecule has 28 heavy (non-hydrogen) atoms. The second-order valence-corrected chi connectivity index (χ2v) is 7.09. The van der Waals surface area contributed by atoms with Crippen LogP contribution in [-0.2, 0) is 19.1 Å². The van der Waals surface area contributed by atoms with Crippen LogP contribution in [0.5, 0.6) is 0 Å². The van der Waals surface area contributed by atoms with Gasteiger partial charge < -0.3 is 14.8 Å². The zero-order chi connectivity index (χ0) is 20.8. The fraction of sp³-hybridized carbons (Fsp3) is 0.409. The van der Waals surface area contributed by atoms with E-state index in [1.54, 1.807) is 45.0 Å². The Morgan fingerprint density at radius 2 is 1.75 bits per heavy atom. The van der Waals surface area contributed by atoms with E-state index in [1.807, 2.05) is 13.8 Å². The molecule has 1 unspecified atom stereocenters. The quantitative estimate of drug-likeness (QED) is 0.757. The van der Waals surface area contributed by atoms with Gasteiger partial charge in [0.15, 0.2) is 0 Å². The minimum absolute atomic E-state index is 0.184. The molecule has 0 bridgehead atoms. The summed E-state index contributed by atoms with van der Waals surface area (Å²) in [7, 11) is 0. The van der Waals surface area contributed by atoms with Gasteiger partial charge in [0.2, 0.25) is 0 Å². The molecule has 0 amide bonds. The molecule has 1 aromatic rings. The van der Waals surface area contributed by atoms with Crippen molar-refractivity contribution in [3.8, 4) is 6.07 Å². The van der Waals surface area contributed by atoms with E-state index in [1.165, 1.54) is 0 Å². The summed E-state index contributed by atoms with van der Waals surface area (Å²) in [6.07, 6.45) is 0. The van der Waals surface area contributed by atoms with Gasteiger partial charge in [0, 0.05) is 11.4 Å². The summed E-state index contributed by atoms with van der Waals surface area (Å²) in [5.41, 5.74) is 3.04. The average Bonchev–Trinajstić information content (AvgIpc) is 2.65. The number of allylic oxidation sites excluding steroid dienone is 2. The van der Waals surface area contributed by atoms with Crippen LogP contribution in [0.15, 0.2) is 46.8 Å². The van der Waals surface area contributed by atoms with Crippen molar-refractivity contribution in [1.82, 2.24) is 5.32 Å². The van der Waals surface area contributed by atoms with Gasteiger partial charge in [0.1, 0.15) is 0 Å². The van der Waals surface area contributed by atoms with E-state index >= 15 is 0 Å². The van der Waals surface area contributed by atoms with Crippen LogP contribution in [0.25, 0.3) is 0 Å². The van der Waals surface area contributed by atoms with Crippen LogP contribution in [0, 0.1) is 17.2 Å². The molecular formula is C22H26N2O4. The van der Waals surface area contributed by atoms with E-state index in [-0.39, 0.29) is 19.1 Å². The molecule has 1 aromatic carbocycles. The highest BCUT2D eigenvalue weighted by molar-refractivity contribution is 5.99. The van der Waals surface area contributed by atoms with Crippen LogP contribution in [0.2, 0.25) is 0 Å². The lowest BCUT2D eigenvalue weighted by Gasteiger charge is -2.30. The third kappa shape index (κ3) is 4.61. The van der Waals surface area contributed by atoms with E-state index < -0.39 is 17.9 Å². The predicted octanol–water partition coefficient (Wildman–Crippen LogP) is 3.56. The van der Waals surface area contributed by atoms with Gasteiger partial charge in [-0.1, -0.05) is 26.0 Å². The number of carbonyl (C=O) groups excluding carboxylic acids is 2. The minimum Gasteiger partial charge on any atom is -0.463 e.